The molecule has 2 amide bonds. The number of amides is 2. The Kier molecular flexibility index (Phi) is 6.17. The zero-order valence-corrected chi connectivity index (χ0v) is 13.0. The Hall–Kier alpha value is -2.82. The first-order valence-corrected chi connectivity index (χ1v) is 7.45. The van der Waals surface area contributed by atoms with Gasteiger partial charge < -0.3 is 10.1 Å². The number of carbonyl (C=O) groups excluding carboxylic acids is 2. The van der Waals surface area contributed by atoms with E-state index in [1.807, 2.05) is 60.7 Å². The summed E-state index contributed by atoms with van der Waals surface area (Å²) in [5.74, 6) is -0.731. The van der Waals surface area contributed by atoms with E-state index in [2.05, 4.69) is 10.6 Å². The molecule has 5 nitrogen and oxygen atoms in total. The third-order valence-corrected chi connectivity index (χ3v) is 3.27. The minimum absolute atomic E-state index is 0.136. The number of hydrogen-bond donors (Lipinski definition) is 2. The van der Waals surface area contributed by atoms with Crippen molar-refractivity contribution in [2.75, 3.05) is 11.9 Å². The average molecular weight is 312 g/mol. The second-order valence-corrected chi connectivity index (χ2v) is 5.20. The number of nitrogens with one attached hydrogen (secondary N) is 2. The van der Waals surface area contributed by atoms with Crippen LogP contribution in [0.3, 0.4) is 0 Å². The molecule has 0 aliphatic heterocycles. The fourth-order valence-corrected chi connectivity index (χ4v) is 1.90. The third-order valence-electron chi connectivity index (χ3n) is 3.27. The summed E-state index contributed by atoms with van der Waals surface area (Å²) in [6, 6.07) is 18.9. The number of para-hydroxylation sites is 1. The lowest BCUT2D eigenvalue weighted by molar-refractivity contribution is -0.123. The molecule has 0 fully saturated rings. The van der Waals surface area contributed by atoms with Crippen LogP contribution in [0.25, 0.3) is 0 Å². The second-order valence-electron chi connectivity index (χ2n) is 5.20. The Morgan fingerprint density at radius 2 is 1.61 bits per heavy atom. The van der Waals surface area contributed by atoms with Gasteiger partial charge in [-0.1, -0.05) is 55.5 Å². The van der Waals surface area contributed by atoms with Gasteiger partial charge in [0.25, 0.3) is 0 Å². The van der Waals surface area contributed by atoms with Crippen molar-refractivity contribution >= 4 is 17.7 Å². The normalized spacial score (nSPS) is 11.3. The van der Waals surface area contributed by atoms with Crippen LogP contribution in [0, 0.1) is 5.92 Å². The van der Waals surface area contributed by atoms with Gasteiger partial charge in [-0.25, -0.2) is 4.79 Å². The SMILES string of the molecule is C[C@H](CNc1ccccc1)C(=O)NC(=O)OCc1ccccc1. The highest BCUT2D eigenvalue weighted by atomic mass is 16.5. The number of benzene rings is 2. The van der Waals surface area contributed by atoms with Gasteiger partial charge in [-0.05, 0) is 17.7 Å². The molecule has 1 atom stereocenters. The lowest BCUT2D eigenvalue weighted by atomic mass is 10.1. The van der Waals surface area contributed by atoms with E-state index in [9.17, 15) is 9.59 Å². The monoisotopic (exact) mass is 312 g/mol. The maximum absolute atomic E-state index is 11.9. The van der Waals surface area contributed by atoms with Gasteiger partial charge in [0.15, 0.2) is 0 Å². The molecular weight excluding hydrogens is 292 g/mol. The predicted octanol–water partition coefficient (Wildman–Crippen LogP) is 3.19. The van der Waals surface area contributed by atoms with Crippen LogP contribution in [0.4, 0.5) is 10.5 Å². The molecule has 0 aliphatic carbocycles. The molecule has 0 saturated heterocycles. The molecule has 2 aromatic rings. The number of imide groups is 1. The summed E-state index contributed by atoms with van der Waals surface area (Å²) >= 11 is 0. The number of hydrogen-bond acceptors (Lipinski definition) is 4. The van der Waals surface area contributed by atoms with Gasteiger partial charge in [-0.3, -0.25) is 10.1 Å². The highest BCUT2D eigenvalue weighted by molar-refractivity contribution is 5.93. The molecule has 0 radical (unpaired) electrons. The van der Waals surface area contributed by atoms with Gasteiger partial charge in [0, 0.05) is 12.2 Å². The van der Waals surface area contributed by atoms with Crippen LogP contribution in [0.5, 0.6) is 0 Å². The molecule has 0 heterocycles. The quantitative estimate of drug-likeness (QED) is 0.859. The van der Waals surface area contributed by atoms with Crippen molar-refractivity contribution in [2.24, 2.45) is 5.92 Å². The number of carbonyl (C=O) groups is 2. The molecule has 120 valence electrons. The van der Waals surface area contributed by atoms with Gasteiger partial charge in [-0.15, -0.1) is 0 Å². The molecular formula is C18H20N2O3. The fraction of sp³-hybridized carbons (Fsp3) is 0.222. The Labute approximate surface area is 135 Å². The number of ether oxygens (including phenoxy) is 1. The molecule has 2 aromatic carbocycles. The first kappa shape index (κ1) is 16.5. The smallest absolute Gasteiger partial charge is 0.414 e. The molecule has 0 bridgehead atoms. The van der Waals surface area contributed by atoms with E-state index in [-0.39, 0.29) is 18.4 Å². The molecule has 23 heavy (non-hydrogen) atoms. The fourth-order valence-electron chi connectivity index (χ4n) is 1.90. The largest absolute Gasteiger partial charge is 0.444 e. The summed E-state index contributed by atoms with van der Waals surface area (Å²) < 4.78 is 5.02. The van der Waals surface area contributed by atoms with Crippen LogP contribution in [0.1, 0.15) is 12.5 Å². The predicted molar refractivity (Wildman–Crippen MR) is 88.9 cm³/mol. The van der Waals surface area contributed by atoms with E-state index < -0.39 is 6.09 Å². The van der Waals surface area contributed by atoms with E-state index in [0.717, 1.165) is 11.3 Å². The van der Waals surface area contributed by atoms with E-state index in [1.165, 1.54) is 0 Å². The lowest BCUT2D eigenvalue weighted by Gasteiger charge is -2.13. The van der Waals surface area contributed by atoms with Crippen molar-refractivity contribution < 1.29 is 14.3 Å². The minimum atomic E-state index is -0.731. The van der Waals surface area contributed by atoms with Crippen molar-refractivity contribution in [1.29, 1.82) is 0 Å². The van der Waals surface area contributed by atoms with Crippen molar-refractivity contribution in [3.05, 3.63) is 66.2 Å². The maximum Gasteiger partial charge on any atom is 0.414 e. The summed E-state index contributed by atoms with van der Waals surface area (Å²) in [7, 11) is 0. The first-order valence-electron chi connectivity index (χ1n) is 7.45. The Morgan fingerprint density at radius 3 is 2.26 bits per heavy atom. The molecule has 0 saturated carbocycles. The molecule has 0 aromatic heterocycles. The Balaban J connectivity index is 1.71. The maximum atomic E-state index is 11.9. The van der Waals surface area contributed by atoms with Gasteiger partial charge in [0.2, 0.25) is 5.91 Å². The molecule has 0 aliphatic rings. The number of anilines is 1. The zero-order valence-electron chi connectivity index (χ0n) is 13.0. The number of alkyl carbamates (subject to hydrolysis) is 1. The molecule has 2 rings (SSSR count). The van der Waals surface area contributed by atoms with Crippen LogP contribution < -0.4 is 10.6 Å². The highest BCUT2D eigenvalue weighted by Gasteiger charge is 2.16. The minimum Gasteiger partial charge on any atom is -0.444 e. The summed E-state index contributed by atoms with van der Waals surface area (Å²) in [4.78, 5) is 23.6. The van der Waals surface area contributed by atoms with Crippen molar-refractivity contribution in [3.63, 3.8) is 0 Å². The van der Waals surface area contributed by atoms with E-state index in [1.54, 1.807) is 6.92 Å². The summed E-state index contributed by atoms with van der Waals surface area (Å²) in [6.07, 6.45) is -0.731. The Bertz CT molecular complexity index is 629. The van der Waals surface area contributed by atoms with Crippen LogP contribution in [0.2, 0.25) is 0 Å². The Morgan fingerprint density at radius 1 is 1.00 bits per heavy atom. The molecule has 0 unspecified atom stereocenters. The zero-order chi connectivity index (χ0) is 16.5. The van der Waals surface area contributed by atoms with Crippen molar-refractivity contribution in [3.8, 4) is 0 Å². The standard InChI is InChI=1S/C18H20N2O3/c1-14(12-19-16-10-6-3-7-11-16)17(21)20-18(22)23-13-15-8-4-2-5-9-15/h2-11,14,19H,12-13H2,1H3,(H,20,21,22)/t14-/m1/s1. The highest BCUT2D eigenvalue weighted by Crippen LogP contribution is 2.07. The van der Waals surface area contributed by atoms with E-state index >= 15 is 0 Å². The summed E-state index contributed by atoms with van der Waals surface area (Å²) in [6.45, 7) is 2.31. The van der Waals surface area contributed by atoms with Gasteiger partial charge in [0.05, 0.1) is 5.92 Å². The average Bonchev–Trinajstić information content (AvgIpc) is 2.59. The topological polar surface area (TPSA) is 67.4 Å². The van der Waals surface area contributed by atoms with Crippen LogP contribution in [-0.2, 0) is 16.1 Å². The number of rotatable bonds is 6. The van der Waals surface area contributed by atoms with Crippen molar-refractivity contribution in [1.82, 2.24) is 5.32 Å². The second kappa shape index (κ2) is 8.58. The van der Waals surface area contributed by atoms with Crippen molar-refractivity contribution in [2.45, 2.75) is 13.5 Å². The lowest BCUT2D eigenvalue weighted by Crippen LogP contribution is -2.37. The van der Waals surface area contributed by atoms with Crippen LogP contribution in [-0.4, -0.2) is 18.5 Å². The van der Waals surface area contributed by atoms with Gasteiger partial charge in [-0.2, -0.15) is 0 Å². The van der Waals surface area contributed by atoms with Crippen LogP contribution in [0.15, 0.2) is 60.7 Å². The van der Waals surface area contributed by atoms with E-state index in [0.29, 0.717) is 6.54 Å². The molecule has 0 spiro atoms. The van der Waals surface area contributed by atoms with Crippen LogP contribution >= 0.6 is 0 Å². The molecule has 5 heteroatoms. The summed E-state index contributed by atoms with van der Waals surface area (Å²) in [5.41, 5.74) is 1.80. The molecule has 2 N–H and O–H groups in total. The van der Waals surface area contributed by atoms with Gasteiger partial charge in [0.1, 0.15) is 6.61 Å². The summed E-state index contributed by atoms with van der Waals surface area (Å²) in [5, 5.41) is 5.39. The first-order chi connectivity index (χ1) is 11.1. The van der Waals surface area contributed by atoms with E-state index in [4.69, 9.17) is 4.74 Å². The third kappa shape index (κ3) is 5.82. The van der Waals surface area contributed by atoms with Gasteiger partial charge >= 0.3 is 6.09 Å².